The summed E-state index contributed by atoms with van der Waals surface area (Å²) < 4.78 is 39.0. The van der Waals surface area contributed by atoms with Crippen molar-refractivity contribution in [1.29, 1.82) is 0 Å². The lowest BCUT2D eigenvalue weighted by molar-refractivity contribution is 0.0602. The van der Waals surface area contributed by atoms with Gasteiger partial charge in [-0.05, 0) is 36.4 Å². The Kier molecular flexibility index (Phi) is 5.37. The largest absolute Gasteiger partial charge is 0.467 e. The van der Waals surface area contributed by atoms with E-state index in [1.165, 1.54) is 28.8 Å². The van der Waals surface area contributed by atoms with Crippen molar-refractivity contribution in [3.63, 3.8) is 0 Å². The fraction of sp³-hybridized carbons (Fsp3) is 0.333. The molecule has 28 heavy (non-hydrogen) atoms. The Bertz CT molecular complexity index is 1060. The highest BCUT2D eigenvalue weighted by molar-refractivity contribution is 7.89. The fourth-order valence-electron chi connectivity index (χ4n) is 3.12. The molecule has 0 bridgehead atoms. The molecule has 1 aromatic carbocycles. The number of para-hydroxylation sites is 1. The van der Waals surface area contributed by atoms with Crippen LogP contribution in [0.25, 0.3) is 10.2 Å². The Hall–Kier alpha value is -2.01. The molecule has 0 unspecified atom stereocenters. The number of thiophene rings is 1. The molecule has 1 fully saturated rings. The number of fused-ring (bicyclic) bond motifs is 1. The third kappa shape index (κ3) is 3.64. The number of esters is 1. The van der Waals surface area contributed by atoms with Crippen LogP contribution in [0.15, 0.2) is 40.6 Å². The topological polar surface area (TPSA) is 85.8 Å². The number of carbonyl (C=O) groups excluding carboxylic acids is 1. The second kappa shape index (κ2) is 7.78. The highest BCUT2D eigenvalue weighted by atomic mass is 32.2. The van der Waals surface area contributed by atoms with Crippen LogP contribution in [0.3, 0.4) is 0 Å². The molecule has 0 amide bonds. The third-order valence-electron chi connectivity index (χ3n) is 4.56. The van der Waals surface area contributed by atoms with Crippen LogP contribution in [0.5, 0.6) is 5.19 Å². The molecule has 148 valence electrons. The summed E-state index contributed by atoms with van der Waals surface area (Å²) in [4.78, 5) is 16.4. The molecule has 0 radical (unpaired) electrons. The minimum Gasteiger partial charge on any atom is -0.467 e. The summed E-state index contributed by atoms with van der Waals surface area (Å²) in [6, 6.07) is 9.28. The summed E-state index contributed by atoms with van der Waals surface area (Å²) in [7, 11) is -2.51. The molecule has 3 aromatic rings. The van der Waals surface area contributed by atoms with E-state index in [0.717, 1.165) is 21.6 Å². The minimum absolute atomic E-state index is 0.00916. The van der Waals surface area contributed by atoms with Gasteiger partial charge < -0.3 is 9.47 Å². The summed E-state index contributed by atoms with van der Waals surface area (Å²) >= 11 is 2.55. The Morgan fingerprint density at radius 1 is 1.21 bits per heavy atom. The molecule has 0 N–H and O–H groups in total. The summed E-state index contributed by atoms with van der Waals surface area (Å²) in [5.74, 6) is -0.636. The van der Waals surface area contributed by atoms with Gasteiger partial charge in [-0.3, -0.25) is 0 Å². The molecule has 0 atom stereocenters. The number of sulfonamides is 1. The van der Waals surface area contributed by atoms with Gasteiger partial charge in [0.25, 0.3) is 5.19 Å². The zero-order valence-corrected chi connectivity index (χ0v) is 17.5. The van der Waals surface area contributed by atoms with Crippen LogP contribution < -0.4 is 4.74 Å². The second-order valence-corrected chi connectivity index (χ2v) is 10.1. The van der Waals surface area contributed by atoms with Crippen LogP contribution in [0.1, 0.15) is 22.5 Å². The van der Waals surface area contributed by atoms with E-state index in [2.05, 4.69) is 9.72 Å². The van der Waals surface area contributed by atoms with E-state index < -0.39 is 16.0 Å². The number of hydrogen-bond acceptors (Lipinski definition) is 8. The fourth-order valence-corrected chi connectivity index (χ4v) is 6.77. The van der Waals surface area contributed by atoms with E-state index in [1.807, 2.05) is 24.3 Å². The normalized spacial score (nSPS) is 16.3. The van der Waals surface area contributed by atoms with Gasteiger partial charge in [-0.2, -0.15) is 4.31 Å². The number of piperidine rings is 1. The van der Waals surface area contributed by atoms with E-state index in [9.17, 15) is 13.2 Å². The molecule has 0 spiro atoms. The van der Waals surface area contributed by atoms with Gasteiger partial charge in [0.15, 0.2) is 0 Å². The molecule has 1 aliphatic heterocycles. The first-order valence-corrected chi connectivity index (χ1v) is 11.8. The number of nitrogens with zero attached hydrogens (tertiary/aromatic N) is 2. The van der Waals surface area contributed by atoms with Gasteiger partial charge in [0.05, 0.1) is 17.3 Å². The molecule has 3 heterocycles. The van der Waals surface area contributed by atoms with Gasteiger partial charge in [0, 0.05) is 13.1 Å². The van der Waals surface area contributed by atoms with Gasteiger partial charge >= 0.3 is 5.97 Å². The molecule has 4 rings (SSSR count). The Labute approximate surface area is 170 Å². The number of thiazole rings is 1. The molecule has 7 nitrogen and oxygen atoms in total. The van der Waals surface area contributed by atoms with Crippen LogP contribution in [0, 0.1) is 0 Å². The second-order valence-electron chi connectivity index (χ2n) is 6.27. The molecular formula is C18H18N2O5S3. The Morgan fingerprint density at radius 2 is 1.96 bits per heavy atom. The lowest BCUT2D eigenvalue weighted by Gasteiger charge is -2.30. The minimum atomic E-state index is -3.75. The summed E-state index contributed by atoms with van der Waals surface area (Å²) in [6.45, 7) is 0.655. The Balaban J connectivity index is 1.43. The molecule has 1 saturated heterocycles. The number of benzene rings is 1. The number of ether oxygens (including phenoxy) is 2. The molecule has 2 aromatic heterocycles. The van der Waals surface area contributed by atoms with Crippen molar-refractivity contribution in [2.45, 2.75) is 23.8 Å². The average Bonchev–Trinajstić information content (AvgIpc) is 3.34. The van der Waals surface area contributed by atoms with Gasteiger partial charge in [-0.1, -0.05) is 23.5 Å². The van der Waals surface area contributed by atoms with E-state index in [4.69, 9.17) is 4.74 Å². The summed E-state index contributed by atoms with van der Waals surface area (Å²) in [5.41, 5.74) is 0.898. The number of methoxy groups -OCH3 is 1. The van der Waals surface area contributed by atoms with Gasteiger partial charge in [-0.15, -0.1) is 11.3 Å². The van der Waals surface area contributed by atoms with E-state index in [-0.39, 0.29) is 15.9 Å². The number of rotatable bonds is 5. The first-order chi connectivity index (χ1) is 13.5. The van der Waals surface area contributed by atoms with Gasteiger partial charge in [-0.25, -0.2) is 18.2 Å². The lowest BCUT2D eigenvalue weighted by atomic mass is 10.1. The van der Waals surface area contributed by atoms with Crippen molar-refractivity contribution in [2.75, 3.05) is 20.2 Å². The first kappa shape index (κ1) is 19.3. The van der Waals surface area contributed by atoms with E-state index in [0.29, 0.717) is 31.1 Å². The van der Waals surface area contributed by atoms with Crippen molar-refractivity contribution < 1.29 is 22.7 Å². The number of carbonyl (C=O) groups is 1. The van der Waals surface area contributed by atoms with Crippen molar-refractivity contribution in [3.05, 3.63) is 40.6 Å². The maximum atomic E-state index is 12.9. The van der Waals surface area contributed by atoms with Crippen molar-refractivity contribution >= 4 is 48.9 Å². The molecular weight excluding hydrogens is 420 g/mol. The van der Waals surface area contributed by atoms with Crippen molar-refractivity contribution in [3.8, 4) is 5.19 Å². The smallest absolute Gasteiger partial charge is 0.349 e. The van der Waals surface area contributed by atoms with E-state index >= 15 is 0 Å². The quantitative estimate of drug-likeness (QED) is 0.568. The monoisotopic (exact) mass is 438 g/mol. The van der Waals surface area contributed by atoms with Crippen LogP contribution in [-0.2, 0) is 14.8 Å². The van der Waals surface area contributed by atoms with Crippen LogP contribution >= 0.6 is 22.7 Å². The van der Waals surface area contributed by atoms with Crippen molar-refractivity contribution in [2.24, 2.45) is 0 Å². The maximum Gasteiger partial charge on any atom is 0.349 e. The highest BCUT2D eigenvalue weighted by Gasteiger charge is 2.34. The Morgan fingerprint density at radius 3 is 2.68 bits per heavy atom. The van der Waals surface area contributed by atoms with Gasteiger partial charge in [0.1, 0.15) is 15.9 Å². The summed E-state index contributed by atoms with van der Waals surface area (Å²) in [5, 5.41) is 2.19. The zero-order valence-electron chi connectivity index (χ0n) is 15.0. The number of hydrogen-bond donors (Lipinski definition) is 0. The molecule has 0 aliphatic carbocycles. The third-order valence-corrected chi connectivity index (χ3v) is 8.45. The zero-order chi connectivity index (χ0) is 19.7. The molecule has 10 heteroatoms. The molecule has 1 aliphatic rings. The molecule has 0 saturated carbocycles. The first-order valence-electron chi connectivity index (χ1n) is 8.67. The van der Waals surface area contributed by atoms with Crippen molar-refractivity contribution in [1.82, 2.24) is 9.29 Å². The predicted octanol–water partition coefficient (Wildman–Crippen LogP) is 3.38. The number of aromatic nitrogens is 1. The van der Waals surface area contributed by atoms with E-state index in [1.54, 1.807) is 5.38 Å². The van der Waals surface area contributed by atoms with Crippen LogP contribution in [-0.4, -0.2) is 50.0 Å². The predicted molar refractivity (Wildman–Crippen MR) is 108 cm³/mol. The van der Waals surface area contributed by atoms with Gasteiger partial charge in [0.2, 0.25) is 10.0 Å². The van der Waals surface area contributed by atoms with Crippen LogP contribution in [0.2, 0.25) is 0 Å². The lowest BCUT2D eigenvalue weighted by Crippen LogP contribution is -2.41. The summed E-state index contributed by atoms with van der Waals surface area (Å²) in [6.07, 6.45) is 1.04. The standard InChI is InChI=1S/C18H18N2O5S3/c1-24-17(21)16-15(8-11-26-16)28(22,23)20-9-6-12(7-10-20)25-18-19-13-4-2-3-5-14(13)27-18/h2-5,8,11-12H,6-7,9-10H2,1H3. The van der Waals surface area contributed by atoms with Crippen LogP contribution in [0.4, 0.5) is 0 Å². The maximum absolute atomic E-state index is 12.9. The SMILES string of the molecule is COC(=O)c1sccc1S(=O)(=O)N1CCC(Oc2nc3ccccc3s2)CC1. The highest BCUT2D eigenvalue weighted by Crippen LogP contribution is 2.31. The average molecular weight is 439 g/mol.